The Balaban J connectivity index is 1.25. The lowest BCUT2D eigenvalue weighted by molar-refractivity contribution is 0.0283. The topological polar surface area (TPSA) is 119 Å². The predicted octanol–water partition coefficient (Wildman–Crippen LogP) is 5.52. The maximum Gasteiger partial charge on any atom is 0.407 e. The molecular weight excluding hydrogens is 546 g/mol. The lowest BCUT2D eigenvalue weighted by Gasteiger charge is -2.35. The van der Waals surface area contributed by atoms with E-state index in [0.29, 0.717) is 41.3 Å². The number of nitrogens with one attached hydrogen (secondary N) is 3. The molecule has 1 fully saturated rings. The Hall–Kier alpha value is -4.74. The number of methoxy groups -OCH3 is 1. The summed E-state index contributed by atoms with van der Waals surface area (Å²) in [5, 5.41) is 8.95. The van der Waals surface area contributed by atoms with E-state index in [9.17, 15) is 18.4 Å². The molecule has 0 aliphatic heterocycles. The van der Waals surface area contributed by atoms with Gasteiger partial charge >= 0.3 is 6.09 Å². The normalized spacial score (nSPS) is 16.5. The van der Waals surface area contributed by atoms with E-state index in [1.54, 1.807) is 22.7 Å². The molecule has 5 rings (SSSR count). The van der Waals surface area contributed by atoms with Crippen molar-refractivity contribution in [2.45, 2.75) is 58.2 Å². The lowest BCUT2D eigenvalue weighted by Crippen LogP contribution is -2.50. The van der Waals surface area contributed by atoms with Crippen LogP contribution in [0.5, 0.6) is 5.75 Å². The molecule has 4 aromatic rings. The summed E-state index contributed by atoms with van der Waals surface area (Å²) < 4.78 is 41.0. The number of ether oxygens (including phenoxy) is 2. The van der Waals surface area contributed by atoms with Crippen LogP contribution in [0.25, 0.3) is 16.9 Å². The van der Waals surface area contributed by atoms with Gasteiger partial charge in [0.15, 0.2) is 23.0 Å². The molecule has 1 aliphatic rings. The second kappa shape index (κ2) is 11.3. The van der Waals surface area contributed by atoms with Crippen molar-refractivity contribution in [3.05, 3.63) is 71.7 Å². The van der Waals surface area contributed by atoms with E-state index in [4.69, 9.17) is 9.47 Å². The van der Waals surface area contributed by atoms with E-state index in [2.05, 4.69) is 25.9 Å². The summed E-state index contributed by atoms with van der Waals surface area (Å²) in [4.78, 5) is 33.6. The first kappa shape index (κ1) is 28.8. The molecule has 220 valence electrons. The summed E-state index contributed by atoms with van der Waals surface area (Å²) in [7, 11) is 1.27. The lowest BCUT2D eigenvalue weighted by atomic mass is 9.89. The third kappa shape index (κ3) is 5.97. The van der Waals surface area contributed by atoms with Crippen LogP contribution < -0.4 is 20.7 Å². The van der Waals surface area contributed by atoms with Gasteiger partial charge in [-0.25, -0.2) is 19.2 Å². The van der Waals surface area contributed by atoms with Gasteiger partial charge in [-0.1, -0.05) is 0 Å². The summed E-state index contributed by atoms with van der Waals surface area (Å²) in [6, 6.07) is 7.98. The molecule has 1 aliphatic carbocycles. The molecule has 1 saturated carbocycles. The third-order valence-electron chi connectivity index (χ3n) is 6.89. The van der Waals surface area contributed by atoms with Crippen molar-refractivity contribution in [2.24, 2.45) is 0 Å². The Morgan fingerprint density at radius 1 is 1.07 bits per heavy atom. The van der Waals surface area contributed by atoms with E-state index in [1.165, 1.54) is 31.6 Å². The van der Waals surface area contributed by atoms with Crippen molar-refractivity contribution in [1.29, 1.82) is 0 Å². The number of fused-ring (bicyclic) bond motifs is 1. The van der Waals surface area contributed by atoms with Crippen molar-refractivity contribution in [2.75, 3.05) is 12.4 Å². The van der Waals surface area contributed by atoms with E-state index in [1.807, 2.05) is 33.8 Å². The molecule has 0 saturated heterocycles. The van der Waals surface area contributed by atoms with E-state index in [-0.39, 0.29) is 34.9 Å². The summed E-state index contributed by atoms with van der Waals surface area (Å²) in [5.74, 6) is -2.12. The number of rotatable bonds is 7. The molecule has 2 aromatic heterocycles. The minimum Gasteiger partial charge on any atom is -0.494 e. The fraction of sp³-hybridized carbons (Fsp3) is 0.333. The van der Waals surface area contributed by atoms with E-state index >= 15 is 0 Å². The molecule has 0 radical (unpaired) electrons. The minimum absolute atomic E-state index is 0.0293. The van der Waals surface area contributed by atoms with Crippen LogP contribution in [0, 0.1) is 18.6 Å². The second-order valence-electron chi connectivity index (χ2n) is 11.3. The van der Waals surface area contributed by atoms with Crippen molar-refractivity contribution in [1.82, 2.24) is 25.0 Å². The first-order valence-electron chi connectivity index (χ1n) is 13.4. The van der Waals surface area contributed by atoms with Crippen LogP contribution in [0.4, 0.5) is 25.1 Å². The van der Waals surface area contributed by atoms with Gasteiger partial charge in [0.1, 0.15) is 6.10 Å². The summed E-state index contributed by atoms with van der Waals surface area (Å²) in [5.41, 5.74) is 2.31. The molecule has 2 amide bonds. The number of hydrogen-bond donors (Lipinski definition) is 3. The molecule has 3 N–H and O–H groups in total. The molecule has 2 aromatic carbocycles. The summed E-state index contributed by atoms with van der Waals surface area (Å²) in [6.45, 7) is 7.45. The first-order valence-corrected chi connectivity index (χ1v) is 13.4. The predicted molar refractivity (Wildman–Crippen MR) is 153 cm³/mol. The maximum atomic E-state index is 14.8. The van der Waals surface area contributed by atoms with Crippen LogP contribution in [-0.2, 0) is 4.74 Å². The van der Waals surface area contributed by atoms with Crippen molar-refractivity contribution in [3.63, 3.8) is 0 Å². The van der Waals surface area contributed by atoms with Crippen LogP contribution in [-0.4, -0.2) is 51.2 Å². The van der Waals surface area contributed by atoms with Crippen molar-refractivity contribution in [3.8, 4) is 17.0 Å². The average molecular weight is 579 g/mol. The molecular formula is C30H32F2N6O4. The highest BCUT2D eigenvalue weighted by molar-refractivity contribution is 5.96. The number of carbonyl (C=O) groups excluding carboxylic acids is 2. The van der Waals surface area contributed by atoms with Crippen LogP contribution in [0.15, 0.2) is 48.9 Å². The number of nitrogens with zero attached hydrogens (tertiary/aromatic N) is 3. The Morgan fingerprint density at radius 2 is 1.83 bits per heavy atom. The van der Waals surface area contributed by atoms with Gasteiger partial charge < -0.3 is 25.4 Å². The number of benzene rings is 2. The highest BCUT2D eigenvalue weighted by Crippen LogP contribution is 2.32. The quantitative estimate of drug-likeness (QED) is 0.264. The van der Waals surface area contributed by atoms with Crippen molar-refractivity contribution < 1.29 is 27.8 Å². The smallest absolute Gasteiger partial charge is 0.407 e. The number of amides is 2. The highest BCUT2D eigenvalue weighted by Gasteiger charge is 2.34. The average Bonchev–Trinajstić information content (AvgIpc) is 3.33. The molecule has 0 spiro atoms. The molecule has 42 heavy (non-hydrogen) atoms. The summed E-state index contributed by atoms with van der Waals surface area (Å²) in [6.07, 6.45) is 4.98. The number of hydrogen-bond acceptors (Lipinski definition) is 7. The molecule has 2 heterocycles. The fourth-order valence-corrected chi connectivity index (χ4v) is 4.76. The van der Waals surface area contributed by atoms with Gasteiger partial charge in [0, 0.05) is 53.6 Å². The van der Waals surface area contributed by atoms with Gasteiger partial charge in [-0.05, 0) is 63.6 Å². The van der Waals surface area contributed by atoms with Gasteiger partial charge in [0.2, 0.25) is 5.82 Å². The maximum absolute atomic E-state index is 14.8. The van der Waals surface area contributed by atoms with E-state index < -0.39 is 17.7 Å². The number of aromatic nitrogens is 3. The molecule has 0 atom stereocenters. The van der Waals surface area contributed by atoms with Crippen molar-refractivity contribution >= 4 is 29.2 Å². The first-order chi connectivity index (χ1) is 19.9. The second-order valence-corrected chi connectivity index (χ2v) is 11.3. The zero-order chi connectivity index (χ0) is 30.2. The zero-order valence-corrected chi connectivity index (χ0v) is 23.9. The monoisotopic (exact) mass is 578 g/mol. The molecule has 10 nitrogen and oxygen atoms in total. The number of alkyl carbamates (subject to hydrolysis) is 1. The number of imidazole rings is 1. The summed E-state index contributed by atoms with van der Waals surface area (Å²) >= 11 is 0. The SMILES string of the molecule is COc1ccc(-c2cnc3c(Nc4ccc(C(=O)NC5CC(OC(=O)NC(C)(C)C)C5)c(C)c4)nccn23)c(F)c1F. The minimum atomic E-state index is -1.08. The largest absolute Gasteiger partial charge is 0.494 e. The van der Waals surface area contributed by atoms with E-state index in [0.717, 1.165) is 5.56 Å². The van der Waals surface area contributed by atoms with Crippen LogP contribution in [0.1, 0.15) is 49.5 Å². The molecule has 0 bridgehead atoms. The van der Waals surface area contributed by atoms with Gasteiger partial charge in [-0.15, -0.1) is 0 Å². The number of aryl methyl sites for hydroxylation is 1. The third-order valence-corrected chi connectivity index (χ3v) is 6.89. The van der Waals surface area contributed by atoms with Gasteiger partial charge in [-0.2, -0.15) is 4.39 Å². The fourth-order valence-electron chi connectivity index (χ4n) is 4.76. The molecule has 0 unspecified atom stereocenters. The number of anilines is 2. The number of carbonyl (C=O) groups is 2. The standard InChI is InChI=1S/C30H32F2N6O4/c1-16-12-17(6-7-20(16)28(39)36-18-13-19(14-18)42-29(40)37-30(2,3)4)35-26-27-34-15-22(38(27)11-10-33-26)21-8-9-23(41-5)25(32)24(21)31/h6-12,15,18-19H,13-14H2,1-5H3,(H,33,35)(H,36,39)(H,37,40). The van der Waals surface area contributed by atoms with Gasteiger partial charge in [0.25, 0.3) is 5.91 Å². The zero-order valence-electron chi connectivity index (χ0n) is 23.9. The van der Waals surface area contributed by atoms with Gasteiger partial charge in [0.05, 0.1) is 19.0 Å². The Labute approximate surface area is 241 Å². The Morgan fingerprint density at radius 3 is 2.52 bits per heavy atom. The number of halogens is 2. The highest BCUT2D eigenvalue weighted by atomic mass is 19.2. The van der Waals surface area contributed by atoms with Gasteiger partial charge in [-0.3, -0.25) is 9.20 Å². The Kier molecular flexibility index (Phi) is 7.72. The van der Waals surface area contributed by atoms with Crippen LogP contribution >= 0.6 is 0 Å². The van der Waals surface area contributed by atoms with Crippen LogP contribution in [0.3, 0.4) is 0 Å². The Bertz CT molecular complexity index is 1660. The van der Waals surface area contributed by atoms with Crippen LogP contribution in [0.2, 0.25) is 0 Å². The molecule has 12 heteroatoms.